The first-order valence-corrected chi connectivity index (χ1v) is 5.79. The molecule has 0 radical (unpaired) electrons. The van der Waals surface area contributed by atoms with Crippen molar-refractivity contribution in [2.45, 2.75) is 32.6 Å². The van der Waals surface area contributed by atoms with Gasteiger partial charge in [0.1, 0.15) is 11.6 Å². The van der Waals surface area contributed by atoms with Crippen LogP contribution >= 0.6 is 0 Å². The highest BCUT2D eigenvalue weighted by Crippen LogP contribution is 2.37. The van der Waals surface area contributed by atoms with E-state index in [9.17, 15) is 9.59 Å². The van der Waals surface area contributed by atoms with Gasteiger partial charge in [-0.05, 0) is 18.4 Å². The molecule has 0 amide bonds. The van der Waals surface area contributed by atoms with E-state index >= 15 is 0 Å². The van der Waals surface area contributed by atoms with Crippen LogP contribution in [0.4, 0.5) is 0 Å². The fourth-order valence-electron chi connectivity index (χ4n) is 2.52. The molecule has 0 atom stereocenters. The molecule has 1 aliphatic carbocycles. The molecule has 0 saturated heterocycles. The second kappa shape index (κ2) is 4.20. The van der Waals surface area contributed by atoms with Gasteiger partial charge >= 0.3 is 0 Å². The molecule has 1 aromatic rings. The molecule has 2 heteroatoms. The number of Topliss-reactive ketones (excluding diaryl/α,β-unsaturated/α-hetero) is 2. The van der Waals surface area contributed by atoms with Crippen molar-refractivity contribution in [2.24, 2.45) is 5.41 Å². The van der Waals surface area contributed by atoms with Crippen LogP contribution in [-0.2, 0) is 16.0 Å². The zero-order chi connectivity index (χ0) is 11.6. The molecule has 0 bridgehead atoms. The molecule has 16 heavy (non-hydrogen) atoms. The summed E-state index contributed by atoms with van der Waals surface area (Å²) in [5.41, 5.74) is 0.356. The molecular formula is C14H16O2. The van der Waals surface area contributed by atoms with Gasteiger partial charge in [-0.15, -0.1) is 0 Å². The highest BCUT2D eigenvalue weighted by molar-refractivity contribution is 6.13. The van der Waals surface area contributed by atoms with E-state index in [1.54, 1.807) is 0 Å². The molecule has 0 aliphatic heterocycles. The number of hydrogen-bond acceptors (Lipinski definition) is 2. The Kier molecular flexibility index (Phi) is 2.90. The molecule has 0 spiro atoms. The Labute approximate surface area is 95.7 Å². The Balaban J connectivity index is 2.29. The maximum absolute atomic E-state index is 11.9. The normalized spacial score (nSPS) is 19.1. The summed E-state index contributed by atoms with van der Waals surface area (Å²) < 4.78 is 0. The van der Waals surface area contributed by atoms with E-state index < -0.39 is 5.41 Å². The number of carbonyl (C=O) groups is 2. The third kappa shape index (κ3) is 1.69. The quantitative estimate of drug-likeness (QED) is 0.728. The second-order valence-corrected chi connectivity index (χ2v) is 4.44. The first-order valence-electron chi connectivity index (χ1n) is 5.79. The smallest absolute Gasteiger partial charge is 0.147 e. The first kappa shape index (κ1) is 11.1. The van der Waals surface area contributed by atoms with Crippen LogP contribution in [0.5, 0.6) is 0 Å². The van der Waals surface area contributed by atoms with Crippen molar-refractivity contribution in [1.82, 2.24) is 0 Å². The van der Waals surface area contributed by atoms with E-state index in [2.05, 4.69) is 0 Å². The third-order valence-electron chi connectivity index (χ3n) is 3.60. The average molecular weight is 216 g/mol. The maximum Gasteiger partial charge on any atom is 0.147 e. The van der Waals surface area contributed by atoms with Crippen molar-refractivity contribution in [3.63, 3.8) is 0 Å². The van der Waals surface area contributed by atoms with Gasteiger partial charge in [0.05, 0.1) is 5.41 Å². The Morgan fingerprint density at radius 3 is 2.12 bits per heavy atom. The van der Waals surface area contributed by atoms with Crippen LogP contribution in [-0.4, -0.2) is 11.6 Å². The van der Waals surface area contributed by atoms with Gasteiger partial charge in [-0.1, -0.05) is 37.3 Å². The number of hydrogen-bond donors (Lipinski definition) is 0. The molecule has 2 nitrogen and oxygen atoms in total. The first-order chi connectivity index (χ1) is 7.69. The summed E-state index contributed by atoms with van der Waals surface area (Å²) >= 11 is 0. The average Bonchev–Trinajstić information content (AvgIpc) is 2.59. The molecule has 0 aromatic heterocycles. The van der Waals surface area contributed by atoms with Crippen molar-refractivity contribution in [2.75, 3.05) is 0 Å². The SMILES string of the molecule is CCC1(Cc2ccccc2)C(=O)CCC1=O. The Bertz CT molecular complexity index is 390. The zero-order valence-corrected chi connectivity index (χ0v) is 9.53. The number of ketones is 2. The van der Waals surface area contributed by atoms with Gasteiger partial charge in [0.2, 0.25) is 0 Å². The lowest BCUT2D eigenvalue weighted by Gasteiger charge is -2.24. The molecule has 2 rings (SSSR count). The summed E-state index contributed by atoms with van der Waals surface area (Å²) in [6.45, 7) is 1.93. The maximum atomic E-state index is 11.9. The highest BCUT2D eigenvalue weighted by Gasteiger charge is 2.47. The summed E-state index contributed by atoms with van der Waals surface area (Å²) in [6.07, 6.45) is 2.06. The summed E-state index contributed by atoms with van der Waals surface area (Å²) in [7, 11) is 0. The van der Waals surface area contributed by atoms with E-state index in [1.165, 1.54) is 0 Å². The van der Waals surface area contributed by atoms with Gasteiger partial charge < -0.3 is 0 Å². The van der Waals surface area contributed by atoms with Gasteiger partial charge in [0, 0.05) is 12.8 Å². The van der Waals surface area contributed by atoms with Crippen molar-refractivity contribution in [3.8, 4) is 0 Å². The van der Waals surface area contributed by atoms with Crippen molar-refractivity contribution in [1.29, 1.82) is 0 Å². The Hall–Kier alpha value is -1.44. The van der Waals surface area contributed by atoms with Gasteiger partial charge in [-0.25, -0.2) is 0 Å². The molecule has 1 aliphatic rings. The molecule has 0 heterocycles. The number of benzene rings is 1. The lowest BCUT2D eigenvalue weighted by Crippen LogP contribution is -2.34. The van der Waals surface area contributed by atoms with E-state index in [4.69, 9.17) is 0 Å². The van der Waals surface area contributed by atoms with Crippen LogP contribution in [0.3, 0.4) is 0 Å². The molecular weight excluding hydrogens is 200 g/mol. The molecule has 0 N–H and O–H groups in total. The van der Waals surface area contributed by atoms with Crippen LogP contribution in [0.2, 0.25) is 0 Å². The molecule has 0 unspecified atom stereocenters. The van der Waals surface area contributed by atoms with E-state index in [0.717, 1.165) is 5.56 Å². The van der Waals surface area contributed by atoms with Crippen LogP contribution < -0.4 is 0 Å². The number of rotatable bonds is 3. The zero-order valence-electron chi connectivity index (χ0n) is 9.53. The summed E-state index contributed by atoms with van der Waals surface area (Å²) in [5, 5.41) is 0. The fraction of sp³-hybridized carbons (Fsp3) is 0.429. The minimum atomic E-state index is -0.721. The summed E-state index contributed by atoms with van der Waals surface area (Å²) in [4.78, 5) is 23.8. The van der Waals surface area contributed by atoms with Crippen LogP contribution in [0, 0.1) is 5.41 Å². The standard InChI is InChI=1S/C14H16O2/c1-2-14(12(15)8-9-13(14)16)10-11-6-4-3-5-7-11/h3-7H,2,8-10H2,1H3. The lowest BCUT2D eigenvalue weighted by atomic mass is 9.76. The molecule has 1 saturated carbocycles. The predicted molar refractivity (Wildman–Crippen MR) is 62.1 cm³/mol. The topological polar surface area (TPSA) is 34.1 Å². The number of carbonyl (C=O) groups excluding carboxylic acids is 2. The van der Waals surface area contributed by atoms with Gasteiger partial charge in [0.15, 0.2) is 0 Å². The van der Waals surface area contributed by atoms with Crippen LogP contribution in [0.25, 0.3) is 0 Å². The minimum absolute atomic E-state index is 0.129. The summed E-state index contributed by atoms with van der Waals surface area (Å²) in [6, 6.07) is 9.80. The van der Waals surface area contributed by atoms with Crippen LogP contribution in [0.1, 0.15) is 31.7 Å². The Morgan fingerprint density at radius 2 is 1.62 bits per heavy atom. The second-order valence-electron chi connectivity index (χ2n) is 4.44. The van der Waals surface area contributed by atoms with Gasteiger partial charge in [-0.2, -0.15) is 0 Å². The van der Waals surface area contributed by atoms with E-state index in [-0.39, 0.29) is 11.6 Å². The molecule has 1 aromatic carbocycles. The van der Waals surface area contributed by atoms with E-state index in [0.29, 0.717) is 25.7 Å². The molecule has 1 fully saturated rings. The molecule has 84 valence electrons. The lowest BCUT2D eigenvalue weighted by molar-refractivity contribution is -0.135. The predicted octanol–water partition coefficient (Wildman–Crippen LogP) is 2.56. The van der Waals surface area contributed by atoms with Crippen molar-refractivity contribution >= 4 is 11.6 Å². The van der Waals surface area contributed by atoms with Gasteiger partial charge in [-0.3, -0.25) is 9.59 Å². The summed E-state index contributed by atoms with van der Waals surface area (Å²) in [5.74, 6) is 0.257. The van der Waals surface area contributed by atoms with Crippen LogP contribution in [0.15, 0.2) is 30.3 Å². The monoisotopic (exact) mass is 216 g/mol. The Morgan fingerprint density at radius 1 is 1.06 bits per heavy atom. The van der Waals surface area contributed by atoms with E-state index in [1.807, 2.05) is 37.3 Å². The van der Waals surface area contributed by atoms with Gasteiger partial charge in [0.25, 0.3) is 0 Å². The van der Waals surface area contributed by atoms with Crippen molar-refractivity contribution < 1.29 is 9.59 Å². The highest BCUT2D eigenvalue weighted by atomic mass is 16.2. The van der Waals surface area contributed by atoms with Crippen molar-refractivity contribution in [3.05, 3.63) is 35.9 Å². The largest absolute Gasteiger partial charge is 0.299 e. The fourth-order valence-corrected chi connectivity index (χ4v) is 2.52. The minimum Gasteiger partial charge on any atom is -0.299 e. The third-order valence-corrected chi connectivity index (χ3v) is 3.60.